The fourth-order valence-electron chi connectivity index (χ4n) is 4.77. The topological polar surface area (TPSA) is 55.8 Å². The monoisotopic (exact) mass is 468 g/mol. The van der Waals surface area contributed by atoms with Crippen LogP contribution in [0.3, 0.4) is 0 Å². The van der Waals surface area contributed by atoms with E-state index in [1.54, 1.807) is 18.5 Å². The highest BCUT2D eigenvalue weighted by Gasteiger charge is 2.28. The number of aryl methyl sites for hydroxylation is 1. The number of nitrogens with zero attached hydrogens (tertiary/aromatic N) is 6. The number of hydrogen-bond acceptors (Lipinski definition) is 7. The van der Waals surface area contributed by atoms with Crippen molar-refractivity contribution >= 4 is 39.0 Å². The van der Waals surface area contributed by atoms with Crippen LogP contribution in [0.15, 0.2) is 30.6 Å². The van der Waals surface area contributed by atoms with Gasteiger partial charge in [-0.05, 0) is 31.2 Å². The maximum atomic E-state index is 14.2. The number of piperazine rings is 2. The van der Waals surface area contributed by atoms with Gasteiger partial charge in [0, 0.05) is 52.4 Å². The molecule has 2 aliphatic heterocycles. The number of thiophene rings is 1. The first-order valence-corrected chi connectivity index (χ1v) is 12.4. The average molecular weight is 469 g/mol. The summed E-state index contributed by atoms with van der Waals surface area (Å²) in [6, 6.07) is 6.82. The number of halogens is 1. The van der Waals surface area contributed by atoms with E-state index in [-0.39, 0.29) is 11.7 Å². The minimum atomic E-state index is -0.219. The fourth-order valence-corrected chi connectivity index (χ4v) is 5.89. The predicted octanol–water partition coefficient (Wildman–Crippen LogP) is 3.24. The third-order valence-corrected chi connectivity index (χ3v) is 7.97. The van der Waals surface area contributed by atoms with Crippen LogP contribution < -0.4 is 9.80 Å². The highest BCUT2D eigenvalue weighted by Crippen LogP contribution is 2.36. The third-order valence-electron chi connectivity index (χ3n) is 6.78. The lowest BCUT2D eigenvalue weighted by Crippen LogP contribution is -2.49. The molecule has 0 radical (unpaired) electrons. The molecule has 9 heteroatoms. The number of likely N-dealkylation sites (N-methyl/N-ethyl adjacent to an activating group) is 1. The number of anilines is 2. The molecule has 33 heavy (non-hydrogen) atoms. The molecule has 1 aromatic carbocycles. The van der Waals surface area contributed by atoms with E-state index in [9.17, 15) is 9.18 Å². The van der Waals surface area contributed by atoms with Crippen molar-refractivity contribution in [1.29, 1.82) is 0 Å². The van der Waals surface area contributed by atoms with E-state index in [0.717, 1.165) is 59.2 Å². The van der Waals surface area contributed by atoms with Crippen LogP contribution in [0.5, 0.6) is 0 Å². The number of rotatable bonds is 4. The Morgan fingerprint density at radius 3 is 2.39 bits per heavy atom. The quantitative estimate of drug-likeness (QED) is 0.586. The number of hydrogen-bond donors (Lipinski definition) is 0. The number of para-hydroxylation sites is 1. The zero-order valence-electron chi connectivity index (χ0n) is 19.1. The van der Waals surface area contributed by atoms with E-state index >= 15 is 0 Å². The third kappa shape index (κ3) is 4.15. The van der Waals surface area contributed by atoms with Gasteiger partial charge in [-0.1, -0.05) is 19.1 Å². The van der Waals surface area contributed by atoms with E-state index in [1.165, 1.54) is 17.4 Å². The Morgan fingerprint density at radius 1 is 1.00 bits per heavy atom. The SMILES string of the molecule is CCN1CCN(c2ncnc3sc(C(=O)N4CCN(c5ccccc5F)CC4)c(C)c23)CC1. The highest BCUT2D eigenvalue weighted by molar-refractivity contribution is 7.20. The van der Waals surface area contributed by atoms with Gasteiger partial charge >= 0.3 is 0 Å². The van der Waals surface area contributed by atoms with Crippen molar-refractivity contribution in [2.24, 2.45) is 0 Å². The first-order valence-electron chi connectivity index (χ1n) is 11.6. The number of carbonyl (C=O) groups excluding carboxylic acids is 1. The number of benzene rings is 1. The molecule has 2 fully saturated rings. The maximum absolute atomic E-state index is 14.2. The molecule has 174 valence electrons. The van der Waals surface area contributed by atoms with Gasteiger partial charge in [0.1, 0.15) is 22.8 Å². The summed E-state index contributed by atoms with van der Waals surface area (Å²) in [5, 5.41) is 1.00. The molecule has 0 spiro atoms. The van der Waals surface area contributed by atoms with Crippen LogP contribution in [0.1, 0.15) is 22.2 Å². The Hall–Kier alpha value is -2.78. The maximum Gasteiger partial charge on any atom is 0.264 e. The lowest BCUT2D eigenvalue weighted by atomic mass is 10.1. The van der Waals surface area contributed by atoms with Crippen molar-refractivity contribution in [3.63, 3.8) is 0 Å². The molecule has 0 unspecified atom stereocenters. The number of fused-ring (bicyclic) bond motifs is 1. The molecule has 7 nitrogen and oxygen atoms in total. The van der Waals surface area contributed by atoms with E-state index in [4.69, 9.17) is 0 Å². The zero-order chi connectivity index (χ0) is 22.9. The van der Waals surface area contributed by atoms with Crippen LogP contribution in [-0.4, -0.2) is 84.6 Å². The van der Waals surface area contributed by atoms with E-state index in [2.05, 4.69) is 26.7 Å². The van der Waals surface area contributed by atoms with Crippen LogP contribution in [0, 0.1) is 12.7 Å². The molecule has 0 aliphatic carbocycles. The second kappa shape index (κ2) is 9.23. The van der Waals surface area contributed by atoms with Crippen LogP contribution in [-0.2, 0) is 0 Å². The second-order valence-corrected chi connectivity index (χ2v) is 9.58. The lowest BCUT2D eigenvalue weighted by Gasteiger charge is -2.36. The van der Waals surface area contributed by atoms with Gasteiger partial charge in [-0.15, -0.1) is 11.3 Å². The second-order valence-electron chi connectivity index (χ2n) is 8.59. The normalized spacial score (nSPS) is 17.7. The van der Waals surface area contributed by atoms with Gasteiger partial charge in [0.15, 0.2) is 0 Å². The molecule has 0 N–H and O–H groups in total. The van der Waals surface area contributed by atoms with Gasteiger partial charge in [0.25, 0.3) is 5.91 Å². The Kier molecular flexibility index (Phi) is 6.16. The lowest BCUT2D eigenvalue weighted by molar-refractivity contribution is 0.0751. The molecule has 2 aromatic heterocycles. The standard InChI is InChI=1S/C24H29FN6OS/c1-3-28-8-10-30(11-9-28)22-20-17(2)21(33-23(20)27-16-26-22)24(32)31-14-12-29(13-15-31)19-7-5-4-6-18(19)25/h4-7,16H,3,8-15H2,1-2H3. The van der Waals surface area contributed by atoms with Gasteiger partial charge in [-0.3, -0.25) is 4.79 Å². The first-order chi connectivity index (χ1) is 16.1. The molecule has 0 atom stereocenters. The smallest absolute Gasteiger partial charge is 0.264 e. The summed E-state index contributed by atoms with van der Waals surface area (Å²) >= 11 is 1.46. The van der Waals surface area contributed by atoms with Crippen molar-refractivity contribution < 1.29 is 9.18 Å². The largest absolute Gasteiger partial charge is 0.366 e. The molecule has 0 saturated carbocycles. The Labute approximate surface area is 197 Å². The number of aromatic nitrogens is 2. The summed E-state index contributed by atoms with van der Waals surface area (Å²) in [5.74, 6) is 0.752. The van der Waals surface area contributed by atoms with Gasteiger partial charge in [0.05, 0.1) is 16.0 Å². The molecular formula is C24H29FN6OS. The summed E-state index contributed by atoms with van der Waals surface area (Å²) < 4.78 is 14.2. The molecular weight excluding hydrogens is 439 g/mol. The molecule has 3 aromatic rings. The van der Waals surface area contributed by atoms with E-state index in [0.29, 0.717) is 31.9 Å². The van der Waals surface area contributed by atoms with Crippen molar-refractivity contribution in [2.45, 2.75) is 13.8 Å². The molecule has 5 rings (SSSR count). The summed E-state index contributed by atoms with van der Waals surface area (Å²) in [4.78, 5) is 32.8. The van der Waals surface area contributed by atoms with Crippen LogP contribution >= 0.6 is 11.3 Å². The van der Waals surface area contributed by atoms with Crippen molar-refractivity contribution in [3.05, 3.63) is 46.9 Å². The molecule has 2 saturated heterocycles. The van der Waals surface area contributed by atoms with Gasteiger partial charge in [0.2, 0.25) is 0 Å². The van der Waals surface area contributed by atoms with Crippen molar-refractivity contribution in [3.8, 4) is 0 Å². The average Bonchev–Trinajstić information content (AvgIpc) is 3.21. The summed E-state index contributed by atoms with van der Waals surface area (Å²) in [6.45, 7) is 11.5. The minimum Gasteiger partial charge on any atom is -0.366 e. The molecule has 2 aliphatic rings. The Morgan fingerprint density at radius 2 is 1.70 bits per heavy atom. The summed E-state index contributed by atoms with van der Waals surface area (Å²) in [7, 11) is 0. The Balaban J connectivity index is 1.35. The highest BCUT2D eigenvalue weighted by atomic mass is 32.1. The van der Waals surface area contributed by atoms with E-state index < -0.39 is 0 Å². The predicted molar refractivity (Wildman–Crippen MR) is 131 cm³/mol. The molecule has 4 heterocycles. The molecule has 1 amide bonds. The first kappa shape index (κ1) is 22.0. The minimum absolute atomic E-state index is 0.0328. The van der Waals surface area contributed by atoms with Crippen LogP contribution in [0.2, 0.25) is 0 Å². The number of carbonyl (C=O) groups is 1. The van der Waals surface area contributed by atoms with Crippen molar-refractivity contribution in [2.75, 3.05) is 68.7 Å². The fraction of sp³-hybridized carbons (Fsp3) is 0.458. The van der Waals surface area contributed by atoms with Gasteiger partial charge in [-0.2, -0.15) is 0 Å². The van der Waals surface area contributed by atoms with Crippen molar-refractivity contribution in [1.82, 2.24) is 19.8 Å². The zero-order valence-corrected chi connectivity index (χ0v) is 19.9. The van der Waals surface area contributed by atoms with Gasteiger partial charge < -0.3 is 19.6 Å². The van der Waals surface area contributed by atoms with Crippen LogP contribution in [0.4, 0.5) is 15.9 Å². The summed E-state index contributed by atoms with van der Waals surface area (Å²) in [5.41, 5.74) is 1.57. The van der Waals surface area contributed by atoms with Crippen LogP contribution in [0.25, 0.3) is 10.2 Å². The van der Waals surface area contributed by atoms with E-state index in [1.807, 2.05) is 22.8 Å². The summed E-state index contributed by atoms with van der Waals surface area (Å²) in [6.07, 6.45) is 1.61. The van der Waals surface area contributed by atoms with Gasteiger partial charge in [-0.25, -0.2) is 14.4 Å². The Bertz CT molecular complexity index is 1150. The molecule has 0 bridgehead atoms. The number of amides is 1.